The molecule has 0 atom stereocenters. The molecule has 0 aromatic heterocycles. The van der Waals surface area contributed by atoms with Gasteiger partial charge in [-0.2, -0.15) is 0 Å². The lowest BCUT2D eigenvalue weighted by molar-refractivity contribution is 0.270. The minimum atomic E-state index is 0.861. The molecular weight excluding hydrogens is 160 g/mol. The molecule has 0 radical (unpaired) electrons. The van der Waals surface area contributed by atoms with Crippen molar-refractivity contribution >= 4 is 0 Å². The molecule has 2 heteroatoms. The summed E-state index contributed by atoms with van der Waals surface area (Å²) in [5, 5.41) is 0. The SMILES string of the molecule is CCN(CCCCCCN)C1CC1. The lowest BCUT2D eigenvalue weighted by atomic mass is 10.2. The second kappa shape index (κ2) is 6.39. The van der Waals surface area contributed by atoms with Crippen LogP contribution in [-0.2, 0) is 0 Å². The maximum absolute atomic E-state index is 5.44. The van der Waals surface area contributed by atoms with Gasteiger partial charge >= 0.3 is 0 Å². The summed E-state index contributed by atoms with van der Waals surface area (Å²) >= 11 is 0. The van der Waals surface area contributed by atoms with Crippen molar-refractivity contribution in [1.29, 1.82) is 0 Å². The molecule has 0 bridgehead atoms. The summed E-state index contributed by atoms with van der Waals surface area (Å²) in [7, 11) is 0. The van der Waals surface area contributed by atoms with Gasteiger partial charge in [0.25, 0.3) is 0 Å². The van der Waals surface area contributed by atoms with Crippen molar-refractivity contribution < 1.29 is 0 Å². The van der Waals surface area contributed by atoms with Gasteiger partial charge in [-0.3, -0.25) is 0 Å². The molecule has 0 aromatic carbocycles. The van der Waals surface area contributed by atoms with Crippen LogP contribution in [0.5, 0.6) is 0 Å². The highest BCUT2D eigenvalue weighted by Crippen LogP contribution is 2.26. The van der Waals surface area contributed by atoms with E-state index in [1.807, 2.05) is 0 Å². The van der Waals surface area contributed by atoms with Gasteiger partial charge in [0.2, 0.25) is 0 Å². The second-order valence-corrected chi connectivity index (χ2v) is 4.06. The first-order valence-corrected chi connectivity index (χ1v) is 5.82. The van der Waals surface area contributed by atoms with Gasteiger partial charge in [0.15, 0.2) is 0 Å². The molecule has 2 nitrogen and oxygen atoms in total. The van der Waals surface area contributed by atoms with Crippen LogP contribution in [0.25, 0.3) is 0 Å². The Morgan fingerprint density at radius 1 is 1.15 bits per heavy atom. The summed E-state index contributed by atoms with van der Waals surface area (Å²) in [5.74, 6) is 0. The van der Waals surface area contributed by atoms with E-state index in [9.17, 15) is 0 Å². The van der Waals surface area contributed by atoms with E-state index < -0.39 is 0 Å². The maximum atomic E-state index is 5.44. The van der Waals surface area contributed by atoms with Gasteiger partial charge in [0.05, 0.1) is 0 Å². The fourth-order valence-corrected chi connectivity index (χ4v) is 1.85. The van der Waals surface area contributed by atoms with Crippen LogP contribution in [0.1, 0.15) is 45.4 Å². The Bertz CT molecular complexity index is 121. The van der Waals surface area contributed by atoms with Gasteiger partial charge in [-0.15, -0.1) is 0 Å². The van der Waals surface area contributed by atoms with Crippen LogP contribution in [0.15, 0.2) is 0 Å². The summed E-state index contributed by atoms with van der Waals surface area (Å²) in [6.07, 6.45) is 8.13. The van der Waals surface area contributed by atoms with Gasteiger partial charge in [0, 0.05) is 6.04 Å². The molecular formula is C11H24N2. The standard InChI is InChI=1S/C11H24N2/c1-2-13(11-7-8-11)10-6-4-3-5-9-12/h11H,2-10,12H2,1H3. The summed E-state index contributed by atoms with van der Waals surface area (Å²) in [4.78, 5) is 2.63. The zero-order chi connectivity index (χ0) is 9.52. The van der Waals surface area contributed by atoms with Gasteiger partial charge in [0.1, 0.15) is 0 Å². The summed E-state index contributed by atoms with van der Waals surface area (Å²) in [5.41, 5.74) is 5.44. The lowest BCUT2D eigenvalue weighted by Gasteiger charge is -2.19. The van der Waals surface area contributed by atoms with Crippen molar-refractivity contribution in [2.24, 2.45) is 5.73 Å². The van der Waals surface area contributed by atoms with Gasteiger partial charge in [-0.25, -0.2) is 0 Å². The van der Waals surface area contributed by atoms with E-state index in [-0.39, 0.29) is 0 Å². The van der Waals surface area contributed by atoms with Crippen molar-refractivity contribution in [3.63, 3.8) is 0 Å². The Labute approximate surface area is 82.5 Å². The molecule has 13 heavy (non-hydrogen) atoms. The number of hydrogen-bond acceptors (Lipinski definition) is 2. The minimum absolute atomic E-state index is 0.861. The third-order valence-electron chi connectivity index (χ3n) is 2.87. The van der Waals surface area contributed by atoms with Crippen LogP contribution in [-0.4, -0.2) is 30.6 Å². The normalized spacial score (nSPS) is 16.8. The van der Waals surface area contributed by atoms with Crippen molar-refractivity contribution in [3.05, 3.63) is 0 Å². The zero-order valence-corrected chi connectivity index (χ0v) is 8.97. The fraction of sp³-hybridized carbons (Fsp3) is 1.00. The molecule has 1 rings (SSSR count). The summed E-state index contributed by atoms with van der Waals surface area (Å²) in [6, 6.07) is 0.944. The highest BCUT2D eigenvalue weighted by Gasteiger charge is 2.26. The smallest absolute Gasteiger partial charge is 0.00963 e. The second-order valence-electron chi connectivity index (χ2n) is 4.06. The van der Waals surface area contributed by atoms with Gasteiger partial charge in [-0.05, 0) is 45.3 Å². The van der Waals surface area contributed by atoms with Gasteiger partial charge < -0.3 is 10.6 Å². The van der Waals surface area contributed by atoms with Crippen molar-refractivity contribution in [2.45, 2.75) is 51.5 Å². The number of nitrogens with two attached hydrogens (primary N) is 1. The van der Waals surface area contributed by atoms with Crippen LogP contribution in [0.3, 0.4) is 0 Å². The van der Waals surface area contributed by atoms with E-state index in [0.717, 1.165) is 12.6 Å². The first kappa shape index (κ1) is 11.0. The summed E-state index contributed by atoms with van der Waals surface area (Å²) in [6.45, 7) is 5.69. The number of nitrogens with zero attached hydrogens (tertiary/aromatic N) is 1. The maximum Gasteiger partial charge on any atom is 0.00963 e. The predicted molar refractivity (Wildman–Crippen MR) is 57.8 cm³/mol. The minimum Gasteiger partial charge on any atom is -0.330 e. The van der Waals surface area contributed by atoms with Crippen molar-refractivity contribution in [3.8, 4) is 0 Å². The van der Waals surface area contributed by atoms with Crippen LogP contribution in [0.4, 0.5) is 0 Å². The monoisotopic (exact) mass is 184 g/mol. The molecule has 0 aliphatic heterocycles. The van der Waals surface area contributed by atoms with E-state index in [4.69, 9.17) is 5.73 Å². The van der Waals surface area contributed by atoms with E-state index in [2.05, 4.69) is 11.8 Å². The van der Waals surface area contributed by atoms with Crippen LogP contribution < -0.4 is 5.73 Å². The molecule has 0 unspecified atom stereocenters. The Morgan fingerprint density at radius 2 is 1.85 bits per heavy atom. The topological polar surface area (TPSA) is 29.3 Å². The lowest BCUT2D eigenvalue weighted by Crippen LogP contribution is -2.26. The van der Waals surface area contributed by atoms with Gasteiger partial charge in [-0.1, -0.05) is 19.8 Å². The molecule has 1 saturated carbocycles. The molecule has 1 aliphatic rings. The average molecular weight is 184 g/mol. The molecule has 78 valence electrons. The summed E-state index contributed by atoms with van der Waals surface area (Å²) < 4.78 is 0. The Hall–Kier alpha value is -0.0800. The molecule has 1 aliphatic carbocycles. The van der Waals surface area contributed by atoms with E-state index in [1.54, 1.807) is 0 Å². The molecule has 2 N–H and O–H groups in total. The highest BCUT2D eigenvalue weighted by molar-refractivity contribution is 4.83. The van der Waals surface area contributed by atoms with Crippen molar-refractivity contribution in [2.75, 3.05) is 19.6 Å². The highest BCUT2D eigenvalue weighted by atomic mass is 15.2. The first-order chi connectivity index (χ1) is 6.38. The molecule has 0 aromatic rings. The zero-order valence-electron chi connectivity index (χ0n) is 8.97. The number of rotatable bonds is 8. The number of hydrogen-bond donors (Lipinski definition) is 1. The third-order valence-corrected chi connectivity index (χ3v) is 2.87. The quantitative estimate of drug-likeness (QED) is 0.585. The Kier molecular flexibility index (Phi) is 5.40. The Morgan fingerprint density at radius 3 is 2.38 bits per heavy atom. The van der Waals surface area contributed by atoms with Crippen LogP contribution >= 0.6 is 0 Å². The van der Waals surface area contributed by atoms with Crippen LogP contribution in [0.2, 0.25) is 0 Å². The largest absolute Gasteiger partial charge is 0.330 e. The Balaban J connectivity index is 1.90. The third kappa shape index (κ3) is 4.63. The molecule has 0 heterocycles. The molecule has 1 fully saturated rings. The molecule has 0 amide bonds. The molecule has 0 saturated heterocycles. The van der Waals surface area contributed by atoms with E-state index >= 15 is 0 Å². The van der Waals surface area contributed by atoms with E-state index in [0.29, 0.717) is 0 Å². The van der Waals surface area contributed by atoms with Crippen molar-refractivity contribution in [1.82, 2.24) is 4.90 Å². The number of unbranched alkanes of at least 4 members (excludes halogenated alkanes) is 3. The van der Waals surface area contributed by atoms with Crippen LogP contribution in [0, 0.1) is 0 Å². The average Bonchev–Trinajstić information content (AvgIpc) is 2.95. The van der Waals surface area contributed by atoms with E-state index in [1.165, 1.54) is 51.6 Å². The molecule has 0 spiro atoms. The first-order valence-electron chi connectivity index (χ1n) is 5.82. The predicted octanol–water partition coefficient (Wildman–Crippen LogP) is 1.99. The fourth-order valence-electron chi connectivity index (χ4n) is 1.85.